The van der Waals surface area contributed by atoms with E-state index in [0.29, 0.717) is 5.56 Å². The third kappa shape index (κ3) is 2.41. The molecule has 0 fully saturated rings. The standard InChI is InChI=1S/C14H17N5O/c1-9-6-11(8-15-7-9)14(20)17-12-4-3-5-19-13(12)16-10(2)18-19/h6-8,12H,3-5H2,1-2H3,(H,17,20). The minimum atomic E-state index is -0.111. The highest BCUT2D eigenvalue weighted by atomic mass is 16.1. The number of carbonyl (C=O) groups excluding carboxylic acids is 1. The van der Waals surface area contributed by atoms with Crippen molar-refractivity contribution in [1.29, 1.82) is 0 Å². The molecule has 104 valence electrons. The first kappa shape index (κ1) is 12.8. The first-order valence-electron chi connectivity index (χ1n) is 6.77. The monoisotopic (exact) mass is 271 g/mol. The van der Waals surface area contributed by atoms with Gasteiger partial charge in [-0.25, -0.2) is 9.67 Å². The normalized spacial score (nSPS) is 17.6. The van der Waals surface area contributed by atoms with E-state index in [9.17, 15) is 4.79 Å². The molecule has 1 aliphatic rings. The van der Waals surface area contributed by atoms with Crippen LogP contribution in [0.4, 0.5) is 0 Å². The third-order valence-corrected chi connectivity index (χ3v) is 3.42. The van der Waals surface area contributed by atoms with Gasteiger partial charge in [0, 0.05) is 18.9 Å². The van der Waals surface area contributed by atoms with Crippen LogP contribution in [-0.2, 0) is 6.54 Å². The maximum absolute atomic E-state index is 12.3. The summed E-state index contributed by atoms with van der Waals surface area (Å²) < 4.78 is 1.89. The van der Waals surface area contributed by atoms with Crippen LogP contribution in [0.2, 0.25) is 0 Å². The number of hydrogen-bond donors (Lipinski definition) is 1. The largest absolute Gasteiger partial charge is 0.342 e. The number of hydrogen-bond acceptors (Lipinski definition) is 4. The van der Waals surface area contributed by atoms with Crippen LogP contribution in [0.3, 0.4) is 0 Å². The number of nitrogens with zero attached hydrogens (tertiary/aromatic N) is 4. The smallest absolute Gasteiger partial charge is 0.253 e. The van der Waals surface area contributed by atoms with Gasteiger partial charge in [-0.15, -0.1) is 0 Å². The average Bonchev–Trinajstić information content (AvgIpc) is 2.80. The van der Waals surface area contributed by atoms with Gasteiger partial charge < -0.3 is 5.32 Å². The van der Waals surface area contributed by atoms with E-state index in [1.807, 2.05) is 24.6 Å². The summed E-state index contributed by atoms with van der Waals surface area (Å²) in [6, 6.07) is 1.76. The Morgan fingerprint density at radius 3 is 3.05 bits per heavy atom. The molecule has 2 aromatic heterocycles. The minimum absolute atomic E-state index is 0.0713. The van der Waals surface area contributed by atoms with Gasteiger partial charge in [0.25, 0.3) is 5.91 Å². The van der Waals surface area contributed by atoms with Gasteiger partial charge in [-0.2, -0.15) is 5.10 Å². The molecule has 3 heterocycles. The van der Waals surface area contributed by atoms with Crippen molar-refractivity contribution in [3.63, 3.8) is 0 Å². The number of fused-ring (bicyclic) bond motifs is 1. The van der Waals surface area contributed by atoms with Crippen molar-refractivity contribution in [2.45, 2.75) is 39.3 Å². The van der Waals surface area contributed by atoms with Crippen molar-refractivity contribution in [2.75, 3.05) is 0 Å². The number of aromatic nitrogens is 4. The van der Waals surface area contributed by atoms with Gasteiger partial charge >= 0.3 is 0 Å². The maximum atomic E-state index is 12.3. The van der Waals surface area contributed by atoms with Crippen molar-refractivity contribution >= 4 is 5.91 Å². The van der Waals surface area contributed by atoms with Gasteiger partial charge in [0.1, 0.15) is 11.6 Å². The van der Waals surface area contributed by atoms with E-state index in [1.54, 1.807) is 12.4 Å². The van der Waals surface area contributed by atoms with E-state index in [1.165, 1.54) is 0 Å². The van der Waals surface area contributed by atoms with Gasteiger partial charge in [0.2, 0.25) is 0 Å². The molecular formula is C14H17N5O. The molecular weight excluding hydrogens is 254 g/mol. The SMILES string of the molecule is Cc1cncc(C(=O)NC2CCCn3nc(C)nc32)c1. The number of carbonyl (C=O) groups is 1. The maximum Gasteiger partial charge on any atom is 0.253 e. The Bertz CT molecular complexity index is 649. The second-order valence-corrected chi connectivity index (χ2v) is 5.16. The summed E-state index contributed by atoms with van der Waals surface area (Å²) in [6.45, 7) is 4.66. The number of amides is 1. The molecule has 1 unspecified atom stereocenters. The van der Waals surface area contributed by atoms with Crippen molar-refractivity contribution in [1.82, 2.24) is 25.1 Å². The summed E-state index contributed by atoms with van der Waals surface area (Å²) >= 11 is 0. The van der Waals surface area contributed by atoms with E-state index in [2.05, 4.69) is 20.4 Å². The van der Waals surface area contributed by atoms with E-state index in [0.717, 1.165) is 36.6 Å². The van der Waals surface area contributed by atoms with Crippen molar-refractivity contribution in [3.05, 3.63) is 41.2 Å². The Labute approximate surface area is 117 Å². The van der Waals surface area contributed by atoms with Crippen molar-refractivity contribution in [2.24, 2.45) is 0 Å². The summed E-state index contributed by atoms with van der Waals surface area (Å²) in [6.07, 6.45) is 5.20. The molecule has 0 saturated carbocycles. The summed E-state index contributed by atoms with van der Waals surface area (Å²) in [5.41, 5.74) is 1.55. The molecule has 2 aromatic rings. The molecule has 6 nitrogen and oxygen atoms in total. The molecule has 1 N–H and O–H groups in total. The Morgan fingerprint density at radius 1 is 1.40 bits per heavy atom. The van der Waals surface area contributed by atoms with E-state index in [4.69, 9.17) is 0 Å². The van der Waals surface area contributed by atoms with Crippen LogP contribution < -0.4 is 5.32 Å². The molecule has 0 aromatic carbocycles. The molecule has 6 heteroatoms. The van der Waals surface area contributed by atoms with Crippen LogP contribution in [0.5, 0.6) is 0 Å². The lowest BCUT2D eigenvalue weighted by Crippen LogP contribution is -2.33. The van der Waals surface area contributed by atoms with Crippen molar-refractivity contribution in [3.8, 4) is 0 Å². The first-order valence-corrected chi connectivity index (χ1v) is 6.77. The van der Waals surface area contributed by atoms with Crippen LogP contribution >= 0.6 is 0 Å². The van der Waals surface area contributed by atoms with Crippen LogP contribution in [-0.4, -0.2) is 25.7 Å². The molecule has 0 spiro atoms. The van der Waals surface area contributed by atoms with Gasteiger partial charge in [-0.05, 0) is 38.3 Å². The third-order valence-electron chi connectivity index (χ3n) is 3.42. The number of nitrogens with one attached hydrogen (secondary N) is 1. The lowest BCUT2D eigenvalue weighted by atomic mass is 10.1. The molecule has 20 heavy (non-hydrogen) atoms. The summed E-state index contributed by atoms with van der Waals surface area (Å²) in [5.74, 6) is 1.49. The highest BCUT2D eigenvalue weighted by Crippen LogP contribution is 2.23. The molecule has 0 radical (unpaired) electrons. The minimum Gasteiger partial charge on any atom is -0.342 e. The summed E-state index contributed by atoms with van der Waals surface area (Å²) in [4.78, 5) is 20.7. The Hall–Kier alpha value is -2.24. The number of pyridine rings is 1. The van der Waals surface area contributed by atoms with E-state index >= 15 is 0 Å². The van der Waals surface area contributed by atoms with Gasteiger partial charge in [0.05, 0.1) is 11.6 Å². The first-order chi connectivity index (χ1) is 9.63. The summed E-state index contributed by atoms with van der Waals surface area (Å²) in [7, 11) is 0. The second kappa shape index (κ2) is 5.03. The zero-order valence-corrected chi connectivity index (χ0v) is 11.6. The van der Waals surface area contributed by atoms with Crippen molar-refractivity contribution < 1.29 is 4.79 Å². The second-order valence-electron chi connectivity index (χ2n) is 5.16. The molecule has 0 bridgehead atoms. The highest BCUT2D eigenvalue weighted by Gasteiger charge is 2.25. The Balaban J connectivity index is 1.80. The predicted molar refractivity (Wildman–Crippen MR) is 73.2 cm³/mol. The quantitative estimate of drug-likeness (QED) is 0.899. The molecule has 1 aliphatic heterocycles. The van der Waals surface area contributed by atoms with Gasteiger partial charge in [0.15, 0.2) is 0 Å². The summed E-state index contributed by atoms with van der Waals surface area (Å²) in [5, 5.41) is 7.37. The molecule has 1 atom stereocenters. The Morgan fingerprint density at radius 2 is 2.25 bits per heavy atom. The topological polar surface area (TPSA) is 72.7 Å². The van der Waals surface area contributed by atoms with Gasteiger partial charge in [-0.3, -0.25) is 9.78 Å². The molecule has 3 rings (SSSR count). The predicted octanol–water partition coefficient (Wildman–Crippen LogP) is 1.55. The molecule has 1 amide bonds. The fourth-order valence-electron chi connectivity index (χ4n) is 2.53. The Kier molecular flexibility index (Phi) is 3.22. The average molecular weight is 271 g/mol. The van der Waals surface area contributed by atoms with Crippen LogP contribution in [0, 0.1) is 13.8 Å². The van der Waals surface area contributed by atoms with Gasteiger partial charge in [-0.1, -0.05) is 0 Å². The van der Waals surface area contributed by atoms with Crippen LogP contribution in [0.1, 0.15) is 46.5 Å². The zero-order chi connectivity index (χ0) is 14.1. The van der Waals surface area contributed by atoms with Crippen LogP contribution in [0.25, 0.3) is 0 Å². The highest BCUT2D eigenvalue weighted by molar-refractivity contribution is 5.94. The lowest BCUT2D eigenvalue weighted by Gasteiger charge is -2.23. The molecule has 0 saturated heterocycles. The fourth-order valence-corrected chi connectivity index (χ4v) is 2.53. The number of aryl methyl sites for hydroxylation is 3. The zero-order valence-electron chi connectivity index (χ0n) is 11.6. The fraction of sp³-hybridized carbons (Fsp3) is 0.429. The molecule has 0 aliphatic carbocycles. The lowest BCUT2D eigenvalue weighted by molar-refractivity contribution is 0.0927. The van der Waals surface area contributed by atoms with E-state index < -0.39 is 0 Å². The number of rotatable bonds is 2. The van der Waals surface area contributed by atoms with Crippen LogP contribution in [0.15, 0.2) is 18.5 Å². The van der Waals surface area contributed by atoms with E-state index in [-0.39, 0.29) is 11.9 Å².